The van der Waals surface area contributed by atoms with E-state index in [9.17, 15) is 41.2 Å². The van der Waals surface area contributed by atoms with Gasteiger partial charge in [0.2, 0.25) is 11.8 Å². The molecule has 2 aliphatic carbocycles. The number of carbonyl (C=O) groups is 2. The van der Waals surface area contributed by atoms with Crippen molar-refractivity contribution in [2.24, 2.45) is 0 Å². The highest BCUT2D eigenvalue weighted by molar-refractivity contribution is 5.91. The average Bonchev–Trinajstić information content (AvgIpc) is 3.85. The second-order valence-corrected chi connectivity index (χ2v) is 11.7. The fourth-order valence-corrected chi connectivity index (χ4v) is 4.94. The van der Waals surface area contributed by atoms with Gasteiger partial charge in [-0.2, -0.15) is 18.4 Å². The van der Waals surface area contributed by atoms with Gasteiger partial charge in [-0.15, -0.1) is 0 Å². The van der Waals surface area contributed by atoms with Crippen LogP contribution < -0.4 is 16.0 Å². The third-order valence-corrected chi connectivity index (χ3v) is 7.64. The molecule has 0 aliphatic heterocycles. The van der Waals surface area contributed by atoms with E-state index in [1.807, 2.05) is 11.4 Å². The number of nitrogens with one attached hydrogen (secondary N) is 3. The normalized spacial score (nSPS) is 18.5. The summed E-state index contributed by atoms with van der Waals surface area (Å²) in [6.07, 6.45) is -6.08. The minimum Gasteiger partial charge on any atom is -0.346 e. The van der Waals surface area contributed by atoms with Crippen LogP contribution in [0.3, 0.4) is 0 Å². The second kappa shape index (κ2) is 11.6. The maximum atomic E-state index is 14.5. The van der Waals surface area contributed by atoms with E-state index in [0.717, 1.165) is 0 Å². The average molecular weight is 595 g/mol. The molecule has 0 saturated heterocycles. The molecule has 0 bridgehead atoms. The van der Waals surface area contributed by atoms with Crippen LogP contribution in [-0.4, -0.2) is 48.2 Å². The number of nitrogens with zero attached hydrogens (tertiary/aromatic N) is 1. The first-order valence-electron chi connectivity index (χ1n) is 13.6. The van der Waals surface area contributed by atoms with Crippen molar-refractivity contribution >= 4 is 11.8 Å². The third-order valence-electron chi connectivity index (χ3n) is 7.64. The van der Waals surface area contributed by atoms with Gasteiger partial charge in [0.05, 0.1) is 23.6 Å². The van der Waals surface area contributed by atoms with Crippen LogP contribution in [0.5, 0.6) is 0 Å². The van der Waals surface area contributed by atoms with Crippen molar-refractivity contribution in [2.45, 2.75) is 87.3 Å². The number of nitriles is 1. The summed E-state index contributed by atoms with van der Waals surface area (Å²) < 4.78 is 80.5. The van der Waals surface area contributed by atoms with Crippen LogP contribution in [0.4, 0.5) is 26.3 Å². The summed E-state index contributed by atoms with van der Waals surface area (Å²) in [5.41, 5.74) is -1.77. The Morgan fingerprint density at radius 1 is 0.929 bits per heavy atom. The highest BCUT2D eigenvalue weighted by atomic mass is 19.4. The maximum absolute atomic E-state index is 14.5. The highest BCUT2D eigenvalue weighted by Gasteiger charge is 2.52. The van der Waals surface area contributed by atoms with Crippen LogP contribution in [0, 0.1) is 11.3 Å². The topological polar surface area (TPSA) is 94.0 Å². The Bertz CT molecular complexity index is 1320. The standard InChI is InChI=1S/C30H32F6N4O2/c1-27(2,33)15-22(25(41)40-28(16-37)11-12-28)39-23(24(31)32)20-5-3-18(4-6-20)19-7-9-21(10-8-19)29(13-14-29)26(42)38-17-30(34,35)36/h3-10,22-24,39H,11-15,17H2,1-2H3,(H,38,42)(H,40,41)/t22-,23-/m0/s1. The Balaban J connectivity index is 1.47. The van der Waals surface area contributed by atoms with Crippen molar-refractivity contribution in [1.29, 1.82) is 5.26 Å². The van der Waals surface area contributed by atoms with Crippen LogP contribution in [0.25, 0.3) is 11.1 Å². The molecule has 0 unspecified atom stereocenters. The third kappa shape index (κ3) is 7.62. The summed E-state index contributed by atoms with van der Waals surface area (Å²) in [4.78, 5) is 25.3. The van der Waals surface area contributed by atoms with E-state index in [2.05, 4.69) is 10.6 Å². The van der Waals surface area contributed by atoms with Crippen LogP contribution in [0.2, 0.25) is 0 Å². The van der Waals surface area contributed by atoms with Crippen molar-refractivity contribution in [1.82, 2.24) is 16.0 Å². The molecule has 3 N–H and O–H groups in total. The minimum atomic E-state index is -4.51. The molecule has 12 heteroatoms. The van der Waals surface area contributed by atoms with Crippen molar-refractivity contribution in [2.75, 3.05) is 6.54 Å². The quantitative estimate of drug-likeness (QED) is 0.278. The molecule has 0 heterocycles. The zero-order chi connectivity index (χ0) is 30.9. The molecule has 42 heavy (non-hydrogen) atoms. The van der Waals surface area contributed by atoms with Crippen molar-refractivity contribution in [3.8, 4) is 17.2 Å². The largest absolute Gasteiger partial charge is 0.405 e. The van der Waals surface area contributed by atoms with E-state index in [4.69, 9.17) is 0 Å². The predicted molar refractivity (Wildman–Crippen MR) is 143 cm³/mol. The highest BCUT2D eigenvalue weighted by Crippen LogP contribution is 2.48. The summed E-state index contributed by atoms with van der Waals surface area (Å²) >= 11 is 0. The molecule has 226 valence electrons. The molecular formula is C30H32F6N4O2. The zero-order valence-corrected chi connectivity index (χ0v) is 23.1. The van der Waals surface area contributed by atoms with Gasteiger partial charge in [0.15, 0.2) is 0 Å². The van der Waals surface area contributed by atoms with Gasteiger partial charge in [-0.25, -0.2) is 13.2 Å². The van der Waals surface area contributed by atoms with Crippen molar-refractivity contribution in [3.63, 3.8) is 0 Å². The molecule has 0 radical (unpaired) electrons. The molecule has 2 fully saturated rings. The lowest BCUT2D eigenvalue weighted by Crippen LogP contribution is -2.52. The Hall–Kier alpha value is -3.59. The van der Waals surface area contributed by atoms with Crippen molar-refractivity contribution in [3.05, 3.63) is 59.7 Å². The first kappa shape index (κ1) is 31.3. The number of benzene rings is 2. The lowest BCUT2D eigenvalue weighted by molar-refractivity contribution is -0.139. The number of rotatable bonds is 12. The zero-order valence-electron chi connectivity index (χ0n) is 23.1. The minimum absolute atomic E-state index is 0.166. The van der Waals surface area contributed by atoms with Gasteiger partial charge in [-0.3, -0.25) is 14.9 Å². The SMILES string of the molecule is CC(C)(F)C[C@H](N[C@@H](c1ccc(-c2ccc(C3(C(=O)NCC(F)(F)F)CC3)cc2)cc1)C(F)F)C(=O)NC1(C#N)CC1. The summed E-state index contributed by atoms with van der Waals surface area (Å²) in [5, 5.41) is 16.4. The Morgan fingerprint density at radius 3 is 1.90 bits per heavy atom. The van der Waals surface area contributed by atoms with Gasteiger partial charge < -0.3 is 10.6 Å². The Morgan fingerprint density at radius 2 is 1.48 bits per heavy atom. The number of carbonyl (C=O) groups excluding carboxylic acids is 2. The predicted octanol–water partition coefficient (Wildman–Crippen LogP) is 5.64. The molecular weight excluding hydrogens is 562 g/mol. The Labute approximate surface area is 239 Å². The van der Waals surface area contributed by atoms with Gasteiger partial charge in [0, 0.05) is 6.42 Å². The molecule has 2 atom stereocenters. The number of hydrogen-bond acceptors (Lipinski definition) is 4. The molecule has 2 aromatic carbocycles. The molecule has 6 nitrogen and oxygen atoms in total. The van der Waals surface area contributed by atoms with E-state index in [0.29, 0.717) is 42.4 Å². The molecule has 2 amide bonds. The van der Waals surface area contributed by atoms with Gasteiger partial charge in [0.1, 0.15) is 17.8 Å². The summed E-state index contributed by atoms with van der Waals surface area (Å²) in [6, 6.07) is 12.0. The molecule has 0 aromatic heterocycles. The molecule has 2 saturated carbocycles. The van der Waals surface area contributed by atoms with E-state index < -0.39 is 59.7 Å². The summed E-state index contributed by atoms with van der Waals surface area (Å²) in [7, 11) is 0. The van der Waals surface area contributed by atoms with E-state index in [1.165, 1.54) is 26.0 Å². The second-order valence-electron chi connectivity index (χ2n) is 11.7. The van der Waals surface area contributed by atoms with Gasteiger partial charge in [0.25, 0.3) is 6.43 Å². The number of amides is 2. The Kier molecular flexibility index (Phi) is 8.65. The van der Waals surface area contributed by atoms with E-state index in [-0.39, 0.29) is 12.0 Å². The smallest absolute Gasteiger partial charge is 0.346 e. The molecule has 2 aromatic rings. The molecule has 4 rings (SSSR count). The van der Waals surface area contributed by atoms with Crippen LogP contribution >= 0.6 is 0 Å². The summed E-state index contributed by atoms with van der Waals surface area (Å²) in [5.74, 6) is -1.40. The first-order valence-corrected chi connectivity index (χ1v) is 13.6. The van der Waals surface area contributed by atoms with Gasteiger partial charge in [-0.05, 0) is 61.8 Å². The first-order chi connectivity index (χ1) is 19.6. The van der Waals surface area contributed by atoms with Crippen LogP contribution in [0.15, 0.2) is 48.5 Å². The van der Waals surface area contributed by atoms with Gasteiger partial charge >= 0.3 is 6.18 Å². The number of alkyl halides is 6. The van der Waals surface area contributed by atoms with Crippen LogP contribution in [0.1, 0.15) is 63.1 Å². The fraction of sp³-hybridized carbons (Fsp3) is 0.500. The fourth-order valence-electron chi connectivity index (χ4n) is 4.94. The lowest BCUT2D eigenvalue weighted by atomic mass is 9.92. The van der Waals surface area contributed by atoms with Crippen LogP contribution in [-0.2, 0) is 15.0 Å². The van der Waals surface area contributed by atoms with E-state index in [1.54, 1.807) is 36.4 Å². The number of hydrogen-bond donors (Lipinski definition) is 3. The maximum Gasteiger partial charge on any atom is 0.405 e. The van der Waals surface area contributed by atoms with Crippen molar-refractivity contribution < 1.29 is 35.9 Å². The summed E-state index contributed by atoms with van der Waals surface area (Å²) in [6.45, 7) is 1.08. The van der Waals surface area contributed by atoms with Gasteiger partial charge in [-0.1, -0.05) is 48.5 Å². The van der Waals surface area contributed by atoms with E-state index >= 15 is 0 Å². The molecule has 0 spiro atoms. The number of halogens is 6. The monoisotopic (exact) mass is 594 g/mol. The lowest BCUT2D eigenvalue weighted by Gasteiger charge is -2.29. The molecule has 2 aliphatic rings.